The van der Waals surface area contributed by atoms with E-state index in [4.69, 9.17) is 4.74 Å². The molecule has 1 amide bonds. The summed E-state index contributed by atoms with van der Waals surface area (Å²) in [6.45, 7) is 9.26. The zero-order valence-corrected chi connectivity index (χ0v) is 13.2. The van der Waals surface area contributed by atoms with Crippen LogP contribution >= 0.6 is 0 Å². The molecule has 5 heteroatoms. The van der Waals surface area contributed by atoms with E-state index in [0.717, 1.165) is 25.9 Å². The van der Waals surface area contributed by atoms with E-state index in [2.05, 4.69) is 36.4 Å². The largest absolute Gasteiger partial charge is 0.383 e. The lowest BCUT2D eigenvalue weighted by Gasteiger charge is -2.20. The molecule has 1 unspecified atom stereocenters. The number of hydrogen-bond acceptors (Lipinski definition) is 4. The molecule has 0 heterocycles. The molecule has 5 nitrogen and oxygen atoms in total. The molecule has 0 aliphatic heterocycles. The standard InChI is InChI=1S/C14H31N3O2/c1-12(2)17(4)9-7-6-8-15-10-14(18)16-13(3)11-19-5/h12-13,15H,6-11H2,1-5H3,(H,16,18). The Bertz CT molecular complexity index is 235. The third-order valence-electron chi connectivity index (χ3n) is 3.11. The van der Waals surface area contributed by atoms with Gasteiger partial charge in [0, 0.05) is 19.2 Å². The van der Waals surface area contributed by atoms with E-state index in [0.29, 0.717) is 19.2 Å². The number of ether oxygens (including phenoxy) is 1. The first-order valence-corrected chi connectivity index (χ1v) is 7.16. The molecule has 0 aromatic heterocycles. The highest BCUT2D eigenvalue weighted by Gasteiger charge is 2.06. The predicted octanol–water partition coefficient (Wildman–Crippen LogP) is 0.848. The smallest absolute Gasteiger partial charge is 0.234 e. The van der Waals surface area contributed by atoms with Gasteiger partial charge in [-0.1, -0.05) is 0 Å². The summed E-state index contributed by atoms with van der Waals surface area (Å²) in [7, 11) is 3.78. The second-order valence-corrected chi connectivity index (χ2v) is 5.38. The van der Waals surface area contributed by atoms with Crippen LogP contribution in [-0.4, -0.2) is 63.3 Å². The van der Waals surface area contributed by atoms with Crippen LogP contribution in [0.2, 0.25) is 0 Å². The van der Waals surface area contributed by atoms with E-state index in [1.807, 2.05) is 6.92 Å². The Morgan fingerprint density at radius 2 is 1.95 bits per heavy atom. The van der Waals surface area contributed by atoms with Gasteiger partial charge in [0.2, 0.25) is 5.91 Å². The SMILES string of the molecule is COCC(C)NC(=O)CNCCCCN(C)C(C)C. The Kier molecular flexibility index (Phi) is 10.8. The van der Waals surface area contributed by atoms with Gasteiger partial charge in [0.15, 0.2) is 0 Å². The number of carbonyl (C=O) groups is 1. The quantitative estimate of drug-likeness (QED) is 0.548. The third-order valence-corrected chi connectivity index (χ3v) is 3.11. The van der Waals surface area contributed by atoms with Crippen molar-refractivity contribution in [2.45, 2.75) is 45.7 Å². The van der Waals surface area contributed by atoms with Crippen LogP contribution in [0, 0.1) is 0 Å². The van der Waals surface area contributed by atoms with Crippen LogP contribution in [0.15, 0.2) is 0 Å². The van der Waals surface area contributed by atoms with Crippen molar-refractivity contribution in [3.05, 3.63) is 0 Å². The summed E-state index contributed by atoms with van der Waals surface area (Å²) in [5.41, 5.74) is 0. The number of unbranched alkanes of at least 4 members (excludes halogenated alkanes) is 1. The van der Waals surface area contributed by atoms with E-state index < -0.39 is 0 Å². The van der Waals surface area contributed by atoms with Gasteiger partial charge in [0.05, 0.1) is 13.2 Å². The van der Waals surface area contributed by atoms with Crippen molar-refractivity contribution < 1.29 is 9.53 Å². The summed E-state index contributed by atoms with van der Waals surface area (Å²) in [6.07, 6.45) is 2.25. The van der Waals surface area contributed by atoms with Crippen molar-refractivity contribution in [2.75, 3.05) is 40.4 Å². The molecular formula is C14H31N3O2. The molecule has 2 N–H and O–H groups in total. The van der Waals surface area contributed by atoms with Gasteiger partial charge < -0.3 is 20.3 Å². The highest BCUT2D eigenvalue weighted by atomic mass is 16.5. The van der Waals surface area contributed by atoms with Gasteiger partial charge in [-0.05, 0) is 53.8 Å². The topological polar surface area (TPSA) is 53.6 Å². The summed E-state index contributed by atoms with van der Waals surface area (Å²) >= 11 is 0. The third kappa shape index (κ3) is 10.9. The Morgan fingerprint density at radius 3 is 2.53 bits per heavy atom. The van der Waals surface area contributed by atoms with E-state index in [9.17, 15) is 4.79 Å². The molecule has 114 valence electrons. The second-order valence-electron chi connectivity index (χ2n) is 5.38. The van der Waals surface area contributed by atoms with Crippen molar-refractivity contribution in [3.63, 3.8) is 0 Å². The Morgan fingerprint density at radius 1 is 1.26 bits per heavy atom. The lowest BCUT2D eigenvalue weighted by molar-refractivity contribution is -0.121. The van der Waals surface area contributed by atoms with Crippen LogP contribution in [0.5, 0.6) is 0 Å². The van der Waals surface area contributed by atoms with Gasteiger partial charge in [0.1, 0.15) is 0 Å². The maximum absolute atomic E-state index is 11.5. The maximum Gasteiger partial charge on any atom is 0.234 e. The summed E-state index contributed by atoms with van der Waals surface area (Å²) < 4.78 is 4.96. The highest BCUT2D eigenvalue weighted by molar-refractivity contribution is 5.78. The number of nitrogens with one attached hydrogen (secondary N) is 2. The van der Waals surface area contributed by atoms with E-state index in [1.54, 1.807) is 7.11 Å². The average Bonchev–Trinajstić information content (AvgIpc) is 2.33. The van der Waals surface area contributed by atoms with Crippen molar-refractivity contribution in [1.29, 1.82) is 0 Å². The monoisotopic (exact) mass is 273 g/mol. The minimum atomic E-state index is 0.0313. The minimum absolute atomic E-state index is 0.0313. The van der Waals surface area contributed by atoms with Crippen LogP contribution in [0.1, 0.15) is 33.6 Å². The Hall–Kier alpha value is -0.650. The average molecular weight is 273 g/mol. The molecule has 0 aliphatic rings. The summed E-state index contributed by atoms with van der Waals surface area (Å²) in [5.74, 6) is 0.0313. The van der Waals surface area contributed by atoms with Gasteiger partial charge in [-0.15, -0.1) is 0 Å². The molecule has 0 aliphatic carbocycles. The fourth-order valence-electron chi connectivity index (χ4n) is 1.69. The number of rotatable bonds is 11. The van der Waals surface area contributed by atoms with Crippen molar-refractivity contribution in [2.24, 2.45) is 0 Å². The fourth-order valence-corrected chi connectivity index (χ4v) is 1.69. The molecule has 0 spiro atoms. The molecule has 0 saturated heterocycles. The normalized spacial score (nSPS) is 13.0. The van der Waals surface area contributed by atoms with Gasteiger partial charge in [-0.3, -0.25) is 4.79 Å². The number of methoxy groups -OCH3 is 1. The first kappa shape index (κ1) is 18.4. The van der Waals surface area contributed by atoms with E-state index in [-0.39, 0.29) is 11.9 Å². The molecule has 0 bridgehead atoms. The van der Waals surface area contributed by atoms with Crippen LogP contribution in [0.25, 0.3) is 0 Å². The maximum atomic E-state index is 11.5. The Labute approximate surface area is 118 Å². The molecular weight excluding hydrogens is 242 g/mol. The molecule has 1 atom stereocenters. The predicted molar refractivity (Wildman–Crippen MR) is 79.4 cm³/mol. The summed E-state index contributed by atoms with van der Waals surface area (Å²) in [5, 5.41) is 6.03. The van der Waals surface area contributed by atoms with Crippen LogP contribution in [-0.2, 0) is 9.53 Å². The number of nitrogens with zero attached hydrogens (tertiary/aromatic N) is 1. The van der Waals surface area contributed by atoms with Crippen molar-refractivity contribution in [1.82, 2.24) is 15.5 Å². The zero-order valence-electron chi connectivity index (χ0n) is 13.2. The van der Waals surface area contributed by atoms with Crippen molar-refractivity contribution >= 4 is 5.91 Å². The van der Waals surface area contributed by atoms with Crippen LogP contribution in [0.3, 0.4) is 0 Å². The summed E-state index contributed by atoms with van der Waals surface area (Å²) in [6, 6.07) is 0.667. The van der Waals surface area contributed by atoms with Crippen molar-refractivity contribution in [3.8, 4) is 0 Å². The van der Waals surface area contributed by atoms with Crippen LogP contribution < -0.4 is 10.6 Å². The molecule has 0 aromatic carbocycles. The first-order chi connectivity index (χ1) is 8.97. The van der Waals surface area contributed by atoms with Crippen LogP contribution in [0.4, 0.5) is 0 Å². The van der Waals surface area contributed by atoms with Gasteiger partial charge in [0.25, 0.3) is 0 Å². The van der Waals surface area contributed by atoms with Gasteiger partial charge >= 0.3 is 0 Å². The van der Waals surface area contributed by atoms with Gasteiger partial charge in [-0.25, -0.2) is 0 Å². The number of amides is 1. The molecule has 0 fully saturated rings. The summed E-state index contributed by atoms with van der Waals surface area (Å²) in [4.78, 5) is 13.9. The molecule has 0 aromatic rings. The van der Waals surface area contributed by atoms with E-state index in [1.165, 1.54) is 0 Å². The molecule has 19 heavy (non-hydrogen) atoms. The van der Waals surface area contributed by atoms with E-state index >= 15 is 0 Å². The number of carbonyl (C=O) groups excluding carboxylic acids is 1. The molecule has 0 saturated carbocycles. The molecule has 0 rings (SSSR count). The highest BCUT2D eigenvalue weighted by Crippen LogP contribution is 1.97. The lowest BCUT2D eigenvalue weighted by atomic mass is 10.2. The second kappa shape index (κ2) is 11.2. The number of hydrogen-bond donors (Lipinski definition) is 2. The fraction of sp³-hybridized carbons (Fsp3) is 0.929. The Balaban J connectivity index is 3.41. The zero-order chi connectivity index (χ0) is 14.7. The van der Waals surface area contributed by atoms with Gasteiger partial charge in [-0.2, -0.15) is 0 Å². The molecule has 0 radical (unpaired) electrons. The lowest BCUT2D eigenvalue weighted by Crippen LogP contribution is -2.41. The first-order valence-electron chi connectivity index (χ1n) is 7.16. The minimum Gasteiger partial charge on any atom is -0.383 e.